The molecule has 0 aliphatic heterocycles. The Labute approximate surface area is 124 Å². The lowest BCUT2D eigenvalue weighted by Gasteiger charge is -2.13. The third-order valence-corrected chi connectivity index (χ3v) is 3.18. The number of anilines is 1. The summed E-state index contributed by atoms with van der Waals surface area (Å²) in [6.07, 6.45) is 6.92. The van der Waals surface area contributed by atoms with Gasteiger partial charge in [0.25, 0.3) is 0 Å². The summed E-state index contributed by atoms with van der Waals surface area (Å²) in [7, 11) is 5.77. The average Bonchev–Trinajstić information content (AvgIpc) is 2.98. The summed E-state index contributed by atoms with van der Waals surface area (Å²) in [5.41, 5.74) is 3.12. The van der Waals surface area contributed by atoms with Gasteiger partial charge in [-0.05, 0) is 23.8 Å². The molecule has 1 amide bonds. The van der Waals surface area contributed by atoms with E-state index in [1.807, 2.05) is 49.3 Å². The Morgan fingerprint density at radius 1 is 1.24 bits per heavy atom. The fourth-order valence-corrected chi connectivity index (χ4v) is 1.89. The van der Waals surface area contributed by atoms with Crippen LogP contribution in [0.3, 0.4) is 0 Å². The van der Waals surface area contributed by atoms with Crippen LogP contribution in [-0.4, -0.2) is 42.1 Å². The smallest absolute Gasteiger partial charge is 0.246 e. The third-order valence-electron chi connectivity index (χ3n) is 3.18. The molecule has 0 saturated heterocycles. The van der Waals surface area contributed by atoms with E-state index >= 15 is 0 Å². The van der Waals surface area contributed by atoms with Crippen molar-refractivity contribution in [3.05, 3.63) is 53.9 Å². The van der Waals surface area contributed by atoms with Crippen LogP contribution in [0.2, 0.25) is 0 Å². The summed E-state index contributed by atoms with van der Waals surface area (Å²) in [5.74, 6) is -0.0344. The lowest BCUT2D eigenvalue weighted by Crippen LogP contribution is -2.23. The van der Waals surface area contributed by atoms with Crippen molar-refractivity contribution in [3.8, 4) is 0 Å². The highest BCUT2D eigenvalue weighted by molar-refractivity contribution is 5.91. The lowest BCUT2D eigenvalue weighted by molar-refractivity contribution is -0.125. The Bertz CT molecular complexity index is 600. The highest BCUT2D eigenvalue weighted by Crippen LogP contribution is 2.13. The monoisotopic (exact) mass is 284 g/mol. The summed E-state index contributed by atoms with van der Waals surface area (Å²) in [6, 6.07) is 8.04. The molecule has 0 fully saturated rings. The highest BCUT2D eigenvalue weighted by atomic mass is 16.2. The summed E-state index contributed by atoms with van der Waals surface area (Å²) in [6.45, 7) is 0.541. The molecule has 110 valence electrons. The molecule has 2 aromatic rings. The molecule has 5 nitrogen and oxygen atoms in total. The fourth-order valence-electron chi connectivity index (χ4n) is 1.89. The van der Waals surface area contributed by atoms with Crippen LogP contribution in [0.25, 0.3) is 6.08 Å². The molecule has 0 atom stereocenters. The third kappa shape index (κ3) is 4.21. The predicted molar refractivity (Wildman–Crippen MR) is 84.9 cm³/mol. The maximum Gasteiger partial charge on any atom is 0.246 e. The number of H-pyrrole nitrogens is 1. The number of hydrogen-bond donors (Lipinski definition) is 1. The fraction of sp³-hybridized carbons (Fsp3) is 0.250. The van der Waals surface area contributed by atoms with Gasteiger partial charge in [0.15, 0.2) is 0 Å². The topological polar surface area (TPSA) is 52.2 Å². The van der Waals surface area contributed by atoms with Gasteiger partial charge in [0.1, 0.15) is 0 Å². The van der Waals surface area contributed by atoms with Crippen LogP contribution in [-0.2, 0) is 11.3 Å². The number of aromatic nitrogens is 2. The molecular weight excluding hydrogens is 264 g/mol. The number of hydrogen-bond acceptors (Lipinski definition) is 3. The molecule has 0 bridgehead atoms. The van der Waals surface area contributed by atoms with Gasteiger partial charge in [-0.25, -0.2) is 0 Å². The van der Waals surface area contributed by atoms with E-state index < -0.39 is 0 Å². The second kappa shape index (κ2) is 6.74. The Morgan fingerprint density at radius 3 is 2.52 bits per heavy atom. The van der Waals surface area contributed by atoms with Crippen molar-refractivity contribution in [2.24, 2.45) is 0 Å². The number of nitrogens with one attached hydrogen (secondary N) is 1. The van der Waals surface area contributed by atoms with E-state index in [9.17, 15) is 4.79 Å². The quantitative estimate of drug-likeness (QED) is 0.856. The maximum atomic E-state index is 12.0. The molecule has 1 heterocycles. The minimum absolute atomic E-state index is 0.0344. The van der Waals surface area contributed by atoms with Crippen molar-refractivity contribution in [3.63, 3.8) is 0 Å². The molecule has 0 saturated carbocycles. The SMILES string of the molecule is CN(Cc1cn[nH]c1)C(=O)C=Cc1ccc(N(C)C)cc1. The van der Waals surface area contributed by atoms with Crippen molar-refractivity contribution >= 4 is 17.7 Å². The number of benzene rings is 1. The van der Waals surface area contributed by atoms with Crippen molar-refractivity contribution in [2.45, 2.75) is 6.54 Å². The van der Waals surface area contributed by atoms with E-state index in [-0.39, 0.29) is 5.91 Å². The Hall–Kier alpha value is -2.56. The Morgan fingerprint density at radius 2 is 1.95 bits per heavy atom. The molecule has 0 unspecified atom stereocenters. The molecule has 1 N–H and O–H groups in total. The standard InChI is InChI=1S/C16H20N4O/c1-19(2)15-7-4-13(5-8-15)6-9-16(21)20(3)12-14-10-17-18-11-14/h4-11H,12H2,1-3H3,(H,17,18). The lowest BCUT2D eigenvalue weighted by atomic mass is 10.2. The minimum atomic E-state index is -0.0344. The summed E-state index contributed by atoms with van der Waals surface area (Å²) >= 11 is 0. The summed E-state index contributed by atoms with van der Waals surface area (Å²) in [4.78, 5) is 15.7. The van der Waals surface area contributed by atoms with E-state index in [1.165, 1.54) is 0 Å². The molecule has 0 spiro atoms. The summed E-state index contributed by atoms with van der Waals surface area (Å²) < 4.78 is 0. The first kappa shape index (κ1) is 14.8. The van der Waals surface area contributed by atoms with Crippen LogP contribution in [0.5, 0.6) is 0 Å². The first-order chi connectivity index (χ1) is 10.1. The van der Waals surface area contributed by atoms with Gasteiger partial charge in [-0.15, -0.1) is 0 Å². The number of nitrogens with zero attached hydrogens (tertiary/aromatic N) is 3. The van der Waals surface area contributed by atoms with Gasteiger partial charge in [-0.3, -0.25) is 9.89 Å². The van der Waals surface area contributed by atoms with Crippen molar-refractivity contribution in [1.82, 2.24) is 15.1 Å². The first-order valence-corrected chi connectivity index (χ1v) is 6.74. The highest BCUT2D eigenvalue weighted by Gasteiger charge is 2.06. The van der Waals surface area contributed by atoms with Crippen LogP contribution in [0.4, 0.5) is 5.69 Å². The number of amides is 1. The van der Waals surface area contributed by atoms with Gasteiger partial charge in [-0.1, -0.05) is 12.1 Å². The zero-order chi connectivity index (χ0) is 15.2. The van der Waals surface area contributed by atoms with Crippen molar-refractivity contribution in [2.75, 3.05) is 26.0 Å². The van der Waals surface area contributed by atoms with E-state index in [0.717, 1.165) is 16.8 Å². The molecule has 5 heteroatoms. The molecule has 1 aromatic carbocycles. The second-order valence-corrected chi connectivity index (χ2v) is 5.12. The molecule has 0 radical (unpaired) electrons. The van der Waals surface area contributed by atoms with Crippen LogP contribution >= 0.6 is 0 Å². The van der Waals surface area contributed by atoms with E-state index in [2.05, 4.69) is 10.2 Å². The van der Waals surface area contributed by atoms with Gasteiger partial charge in [0.2, 0.25) is 5.91 Å². The van der Waals surface area contributed by atoms with Crippen molar-refractivity contribution < 1.29 is 4.79 Å². The normalized spacial score (nSPS) is 10.8. The Kier molecular flexibility index (Phi) is 4.77. The molecule has 21 heavy (non-hydrogen) atoms. The van der Waals surface area contributed by atoms with E-state index in [4.69, 9.17) is 0 Å². The van der Waals surface area contributed by atoms with Crippen LogP contribution < -0.4 is 4.90 Å². The predicted octanol–water partition coefficient (Wildman–Crippen LogP) is 2.15. The molecule has 2 rings (SSSR count). The second-order valence-electron chi connectivity index (χ2n) is 5.12. The largest absolute Gasteiger partial charge is 0.378 e. The Balaban J connectivity index is 1.94. The van der Waals surface area contributed by atoms with Crippen LogP contribution in [0.15, 0.2) is 42.7 Å². The first-order valence-electron chi connectivity index (χ1n) is 6.74. The number of aromatic amines is 1. The van der Waals surface area contributed by atoms with Gasteiger partial charge < -0.3 is 9.80 Å². The van der Waals surface area contributed by atoms with Crippen LogP contribution in [0.1, 0.15) is 11.1 Å². The molecule has 0 aliphatic rings. The number of rotatable bonds is 5. The van der Waals surface area contributed by atoms with Crippen molar-refractivity contribution in [1.29, 1.82) is 0 Å². The maximum absolute atomic E-state index is 12.0. The van der Waals surface area contributed by atoms with E-state index in [0.29, 0.717) is 6.54 Å². The minimum Gasteiger partial charge on any atom is -0.378 e. The average molecular weight is 284 g/mol. The molecule has 0 aliphatic carbocycles. The number of likely N-dealkylation sites (N-methyl/N-ethyl adjacent to an activating group) is 1. The zero-order valence-electron chi connectivity index (χ0n) is 12.6. The van der Waals surface area contributed by atoms with Gasteiger partial charge >= 0.3 is 0 Å². The van der Waals surface area contributed by atoms with Gasteiger partial charge in [0, 0.05) is 51.2 Å². The van der Waals surface area contributed by atoms with Gasteiger partial charge in [-0.2, -0.15) is 5.10 Å². The number of carbonyl (C=O) groups is 1. The molecular formula is C16H20N4O. The van der Waals surface area contributed by atoms with Crippen LogP contribution in [0, 0.1) is 0 Å². The molecule has 1 aromatic heterocycles. The van der Waals surface area contributed by atoms with E-state index in [1.54, 1.807) is 30.4 Å². The summed E-state index contributed by atoms with van der Waals surface area (Å²) in [5, 5.41) is 6.60. The van der Waals surface area contributed by atoms with Gasteiger partial charge in [0.05, 0.1) is 6.20 Å². The zero-order valence-corrected chi connectivity index (χ0v) is 12.6. The number of carbonyl (C=O) groups excluding carboxylic acids is 1.